The second-order valence-corrected chi connectivity index (χ2v) is 11.8. The third kappa shape index (κ3) is 4.59. The topological polar surface area (TPSA) is 34.1 Å². The average Bonchev–Trinajstić information content (AvgIpc) is 2.89. The van der Waals surface area contributed by atoms with E-state index in [9.17, 15) is 9.59 Å². The maximum Gasteiger partial charge on any atom is 0.195 e. The zero-order chi connectivity index (χ0) is 25.4. The van der Waals surface area contributed by atoms with Gasteiger partial charge in [-0.25, -0.2) is 0 Å². The Labute approximate surface area is 218 Å². The zero-order valence-corrected chi connectivity index (χ0v) is 22.5. The summed E-state index contributed by atoms with van der Waals surface area (Å²) >= 11 is 3.38. The van der Waals surface area contributed by atoms with Crippen LogP contribution >= 0.6 is 22.7 Å². The quantitative estimate of drug-likeness (QED) is 0.219. The Balaban J connectivity index is 0.000000148. The second kappa shape index (κ2) is 9.96. The minimum atomic E-state index is 0.148. The van der Waals surface area contributed by atoms with Gasteiger partial charge in [0.2, 0.25) is 0 Å². The van der Waals surface area contributed by atoms with Crippen LogP contribution in [-0.4, -0.2) is 0 Å². The second-order valence-electron chi connectivity index (χ2n) is 9.68. The molecular weight excluding hydrogens is 480 g/mol. The molecule has 4 heteroatoms. The average molecular weight is 509 g/mol. The van der Waals surface area contributed by atoms with Gasteiger partial charge in [-0.3, -0.25) is 9.59 Å². The molecule has 6 rings (SSSR count). The van der Waals surface area contributed by atoms with Gasteiger partial charge >= 0.3 is 0 Å². The van der Waals surface area contributed by atoms with Crippen molar-refractivity contribution in [2.75, 3.05) is 0 Å². The SMILES string of the molecule is CC(C)c1ccc2c(=O)c3ccccc3sc2c1.CC(C)c1ccc2sc3ccccc3c(=O)c2c1. The van der Waals surface area contributed by atoms with Crippen molar-refractivity contribution in [1.82, 2.24) is 0 Å². The summed E-state index contributed by atoms with van der Waals surface area (Å²) in [6, 6.07) is 28.1. The van der Waals surface area contributed by atoms with E-state index in [0.29, 0.717) is 11.8 Å². The van der Waals surface area contributed by atoms with Crippen molar-refractivity contribution in [2.24, 2.45) is 0 Å². The predicted molar refractivity (Wildman–Crippen MR) is 159 cm³/mol. The molecule has 2 nitrogen and oxygen atoms in total. The van der Waals surface area contributed by atoms with Crippen LogP contribution in [0, 0.1) is 0 Å². The molecule has 0 radical (unpaired) electrons. The van der Waals surface area contributed by atoms with Gasteiger partial charge in [0, 0.05) is 40.3 Å². The fourth-order valence-electron chi connectivity index (χ4n) is 4.36. The van der Waals surface area contributed by atoms with Crippen molar-refractivity contribution >= 4 is 63.0 Å². The molecule has 0 spiro atoms. The van der Waals surface area contributed by atoms with E-state index < -0.39 is 0 Å². The van der Waals surface area contributed by atoms with Crippen LogP contribution in [-0.2, 0) is 0 Å². The van der Waals surface area contributed by atoms with E-state index >= 15 is 0 Å². The van der Waals surface area contributed by atoms with Crippen molar-refractivity contribution in [2.45, 2.75) is 39.5 Å². The lowest BCUT2D eigenvalue weighted by atomic mass is 10.0. The van der Waals surface area contributed by atoms with Crippen molar-refractivity contribution in [3.63, 3.8) is 0 Å². The van der Waals surface area contributed by atoms with E-state index in [1.54, 1.807) is 22.7 Å². The molecule has 0 amide bonds. The lowest BCUT2D eigenvalue weighted by Crippen LogP contribution is -2.01. The first-order valence-electron chi connectivity index (χ1n) is 12.2. The van der Waals surface area contributed by atoms with Gasteiger partial charge < -0.3 is 0 Å². The third-order valence-electron chi connectivity index (χ3n) is 6.54. The number of rotatable bonds is 2. The van der Waals surface area contributed by atoms with E-state index in [1.807, 2.05) is 60.7 Å². The molecule has 2 heterocycles. The van der Waals surface area contributed by atoms with E-state index in [1.165, 1.54) is 11.1 Å². The highest BCUT2D eigenvalue weighted by Gasteiger charge is 2.09. The molecule has 0 fully saturated rings. The highest BCUT2D eigenvalue weighted by atomic mass is 32.1. The van der Waals surface area contributed by atoms with E-state index in [-0.39, 0.29) is 10.9 Å². The first-order valence-corrected chi connectivity index (χ1v) is 13.9. The Morgan fingerprint density at radius 2 is 0.917 bits per heavy atom. The Morgan fingerprint density at radius 1 is 0.472 bits per heavy atom. The Kier molecular flexibility index (Phi) is 6.74. The Morgan fingerprint density at radius 3 is 1.53 bits per heavy atom. The number of fused-ring (bicyclic) bond motifs is 4. The molecule has 0 bridgehead atoms. The molecule has 6 aromatic rings. The molecule has 36 heavy (non-hydrogen) atoms. The molecule has 0 N–H and O–H groups in total. The van der Waals surface area contributed by atoms with Crippen LogP contribution in [0.15, 0.2) is 94.5 Å². The molecule has 0 aliphatic carbocycles. The molecule has 0 saturated heterocycles. The standard InChI is InChI=1S/2C16H14OS/c1-10(2)11-7-8-15-13(9-11)16(17)12-5-3-4-6-14(12)18-15;1-10(2)11-7-8-13-15(9-11)18-14-6-4-3-5-12(14)16(13)17/h2*3-10H,1-2H3. The summed E-state index contributed by atoms with van der Waals surface area (Å²) < 4.78 is 4.29. The summed E-state index contributed by atoms with van der Waals surface area (Å²) in [7, 11) is 0. The van der Waals surface area contributed by atoms with Crippen molar-refractivity contribution in [3.8, 4) is 0 Å². The van der Waals surface area contributed by atoms with Gasteiger partial charge in [0.25, 0.3) is 0 Å². The van der Waals surface area contributed by atoms with Gasteiger partial charge in [-0.1, -0.05) is 64.1 Å². The lowest BCUT2D eigenvalue weighted by Gasteiger charge is -2.07. The van der Waals surface area contributed by atoms with Crippen LogP contribution in [0.2, 0.25) is 0 Å². The largest absolute Gasteiger partial charge is 0.289 e. The summed E-state index contributed by atoms with van der Waals surface area (Å²) in [4.78, 5) is 24.8. The van der Waals surface area contributed by atoms with Crippen molar-refractivity contribution < 1.29 is 0 Å². The monoisotopic (exact) mass is 508 g/mol. The number of benzene rings is 4. The molecule has 180 valence electrons. The van der Waals surface area contributed by atoms with Crippen LogP contribution < -0.4 is 10.9 Å². The van der Waals surface area contributed by atoms with E-state index in [4.69, 9.17) is 0 Å². The van der Waals surface area contributed by atoms with Gasteiger partial charge in [-0.05, 0) is 71.5 Å². The third-order valence-corrected chi connectivity index (χ3v) is 8.82. The van der Waals surface area contributed by atoms with Crippen molar-refractivity contribution in [3.05, 3.63) is 117 Å². The predicted octanol–water partition coefficient (Wildman–Crippen LogP) is 9.08. The minimum absolute atomic E-state index is 0.148. The van der Waals surface area contributed by atoms with Gasteiger partial charge in [0.15, 0.2) is 10.9 Å². The van der Waals surface area contributed by atoms with Crippen LogP contribution in [0.3, 0.4) is 0 Å². The highest BCUT2D eigenvalue weighted by Crippen LogP contribution is 2.28. The normalized spacial score (nSPS) is 11.5. The molecule has 0 aliphatic heterocycles. The van der Waals surface area contributed by atoms with Gasteiger partial charge in [-0.2, -0.15) is 0 Å². The summed E-state index contributed by atoms with van der Waals surface area (Å²) in [5, 5.41) is 3.34. The molecule has 0 atom stereocenters. The summed E-state index contributed by atoms with van der Waals surface area (Å²) in [5.41, 5.74) is 2.81. The van der Waals surface area contributed by atoms with Crippen LogP contribution in [0.4, 0.5) is 0 Å². The molecule has 4 aromatic carbocycles. The molecule has 0 unspecified atom stereocenters. The van der Waals surface area contributed by atoms with Gasteiger partial charge in [-0.15, -0.1) is 22.7 Å². The summed E-state index contributed by atoms with van der Waals surface area (Å²) in [6.45, 7) is 8.64. The fourth-order valence-corrected chi connectivity index (χ4v) is 6.53. The number of hydrogen-bond donors (Lipinski definition) is 0. The highest BCUT2D eigenvalue weighted by molar-refractivity contribution is 7.24. The van der Waals surface area contributed by atoms with E-state index in [0.717, 1.165) is 40.3 Å². The number of hydrogen-bond acceptors (Lipinski definition) is 4. The van der Waals surface area contributed by atoms with Gasteiger partial charge in [0.1, 0.15) is 0 Å². The Hall–Kier alpha value is -3.34. The maximum absolute atomic E-state index is 12.5. The lowest BCUT2D eigenvalue weighted by molar-refractivity contribution is 0.869. The molecule has 2 aromatic heterocycles. The van der Waals surface area contributed by atoms with Crippen LogP contribution in [0.1, 0.15) is 50.7 Å². The fraction of sp³-hybridized carbons (Fsp3) is 0.188. The minimum Gasteiger partial charge on any atom is -0.289 e. The zero-order valence-electron chi connectivity index (χ0n) is 20.9. The Bertz CT molecular complexity index is 1840. The molecule has 0 aliphatic rings. The van der Waals surface area contributed by atoms with Crippen molar-refractivity contribution in [1.29, 1.82) is 0 Å². The summed E-state index contributed by atoms with van der Waals surface area (Å²) in [5.74, 6) is 0.938. The van der Waals surface area contributed by atoms with E-state index in [2.05, 4.69) is 52.0 Å². The molecule has 0 saturated carbocycles. The van der Waals surface area contributed by atoms with Crippen LogP contribution in [0.5, 0.6) is 0 Å². The van der Waals surface area contributed by atoms with Gasteiger partial charge in [0.05, 0.1) is 0 Å². The molecular formula is C32H28O2S2. The smallest absolute Gasteiger partial charge is 0.195 e. The maximum atomic E-state index is 12.5. The summed E-state index contributed by atoms with van der Waals surface area (Å²) in [6.07, 6.45) is 0. The van der Waals surface area contributed by atoms with Crippen LogP contribution in [0.25, 0.3) is 40.3 Å². The first kappa shape index (κ1) is 24.4. The first-order chi connectivity index (χ1) is 17.3.